The lowest BCUT2D eigenvalue weighted by Crippen LogP contribution is -2.44. The number of likely N-dealkylation sites (tertiary alicyclic amines) is 1. The Morgan fingerprint density at radius 2 is 1.80 bits per heavy atom. The minimum Gasteiger partial charge on any atom is -0.298 e. The van der Waals surface area contributed by atoms with Crippen molar-refractivity contribution < 1.29 is 4.79 Å². The van der Waals surface area contributed by atoms with E-state index in [2.05, 4.69) is 23.7 Å². The Morgan fingerprint density at radius 3 is 2.52 bits per heavy atom. The van der Waals surface area contributed by atoms with Gasteiger partial charge in [0.1, 0.15) is 0 Å². The van der Waals surface area contributed by atoms with Gasteiger partial charge in [0.25, 0.3) is 0 Å². The van der Waals surface area contributed by atoms with Gasteiger partial charge in [-0.3, -0.25) is 14.7 Å². The number of benzene rings is 1. The molecule has 1 saturated heterocycles. The SMILES string of the molecule is CC1CCCC(C)N1CCCC(=O)c1ccccc1-c1ccccn1. The van der Waals surface area contributed by atoms with Crippen LogP contribution in [-0.2, 0) is 0 Å². The molecular formula is C22H28N2O. The van der Waals surface area contributed by atoms with Crippen LogP contribution in [0.15, 0.2) is 48.7 Å². The van der Waals surface area contributed by atoms with Crippen molar-refractivity contribution in [1.29, 1.82) is 0 Å². The quantitative estimate of drug-likeness (QED) is 0.698. The monoisotopic (exact) mass is 336 g/mol. The molecule has 3 rings (SSSR count). The van der Waals surface area contributed by atoms with Crippen LogP contribution in [0.4, 0.5) is 0 Å². The van der Waals surface area contributed by atoms with Crippen molar-refractivity contribution in [3.8, 4) is 11.3 Å². The standard InChI is InChI=1S/C22H28N2O/c1-17-9-7-10-18(2)24(17)16-8-14-22(25)20-12-4-3-11-19(20)21-13-5-6-15-23-21/h3-6,11-13,15,17-18H,7-10,14,16H2,1-2H3. The summed E-state index contributed by atoms with van der Waals surface area (Å²) in [6.45, 7) is 5.64. The van der Waals surface area contributed by atoms with E-state index >= 15 is 0 Å². The number of rotatable bonds is 6. The van der Waals surface area contributed by atoms with Crippen molar-refractivity contribution in [3.63, 3.8) is 0 Å². The van der Waals surface area contributed by atoms with Gasteiger partial charge in [-0.2, -0.15) is 0 Å². The van der Waals surface area contributed by atoms with Crippen molar-refractivity contribution in [3.05, 3.63) is 54.2 Å². The van der Waals surface area contributed by atoms with Gasteiger partial charge < -0.3 is 0 Å². The second-order valence-electron chi connectivity index (χ2n) is 7.15. The van der Waals surface area contributed by atoms with E-state index in [-0.39, 0.29) is 5.78 Å². The van der Waals surface area contributed by atoms with Crippen LogP contribution in [0.1, 0.15) is 56.3 Å². The van der Waals surface area contributed by atoms with Gasteiger partial charge in [0.2, 0.25) is 0 Å². The van der Waals surface area contributed by atoms with Gasteiger partial charge in [0.05, 0.1) is 5.69 Å². The number of carbonyl (C=O) groups is 1. The fourth-order valence-electron chi connectivity index (χ4n) is 3.94. The molecule has 0 radical (unpaired) electrons. The van der Waals surface area contributed by atoms with Crippen molar-refractivity contribution in [2.24, 2.45) is 0 Å². The highest BCUT2D eigenvalue weighted by Gasteiger charge is 2.24. The maximum atomic E-state index is 12.8. The molecular weight excluding hydrogens is 308 g/mol. The van der Waals surface area contributed by atoms with Crippen molar-refractivity contribution in [1.82, 2.24) is 9.88 Å². The molecule has 2 heterocycles. The summed E-state index contributed by atoms with van der Waals surface area (Å²) in [7, 11) is 0. The van der Waals surface area contributed by atoms with Crippen LogP contribution in [0.5, 0.6) is 0 Å². The van der Waals surface area contributed by atoms with Crippen molar-refractivity contribution in [2.75, 3.05) is 6.54 Å². The topological polar surface area (TPSA) is 33.2 Å². The van der Waals surface area contributed by atoms with Crippen LogP contribution in [0.25, 0.3) is 11.3 Å². The van der Waals surface area contributed by atoms with Gasteiger partial charge in [-0.15, -0.1) is 0 Å². The molecule has 0 N–H and O–H groups in total. The Hall–Kier alpha value is -2.00. The van der Waals surface area contributed by atoms with E-state index < -0.39 is 0 Å². The Balaban J connectivity index is 1.64. The lowest BCUT2D eigenvalue weighted by molar-refractivity contribution is 0.0901. The fourth-order valence-corrected chi connectivity index (χ4v) is 3.94. The molecule has 0 amide bonds. The Bertz CT molecular complexity index is 688. The predicted octanol–water partition coefficient (Wildman–Crippen LogP) is 4.97. The van der Waals surface area contributed by atoms with E-state index in [0.717, 1.165) is 29.8 Å². The Kier molecular flexibility index (Phi) is 5.98. The normalized spacial score (nSPS) is 21.2. The third-order valence-corrected chi connectivity index (χ3v) is 5.36. The second kappa shape index (κ2) is 8.39. The van der Waals surface area contributed by atoms with Crippen LogP contribution in [0.2, 0.25) is 0 Å². The molecule has 2 aromatic rings. The number of Topliss-reactive ketones (excluding diaryl/α,β-unsaturated/α-hetero) is 1. The van der Waals surface area contributed by atoms with Crippen molar-refractivity contribution in [2.45, 2.75) is 58.0 Å². The van der Waals surface area contributed by atoms with Crippen LogP contribution < -0.4 is 0 Å². The van der Waals surface area contributed by atoms with E-state index in [1.54, 1.807) is 6.20 Å². The largest absolute Gasteiger partial charge is 0.298 e. The third kappa shape index (κ3) is 4.35. The Morgan fingerprint density at radius 1 is 1.08 bits per heavy atom. The van der Waals surface area contributed by atoms with Gasteiger partial charge in [0, 0.05) is 35.8 Å². The molecule has 25 heavy (non-hydrogen) atoms. The lowest BCUT2D eigenvalue weighted by Gasteiger charge is -2.39. The molecule has 1 aliphatic rings. The number of piperidine rings is 1. The summed E-state index contributed by atoms with van der Waals surface area (Å²) in [6.07, 6.45) is 7.18. The average molecular weight is 336 g/mol. The second-order valence-corrected chi connectivity index (χ2v) is 7.15. The van der Waals surface area contributed by atoms with Gasteiger partial charge in [-0.1, -0.05) is 36.8 Å². The van der Waals surface area contributed by atoms with Gasteiger partial charge in [-0.25, -0.2) is 0 Å². The Labute approximate surface area is 151 Å². The van der Waals surface area contributed by atoms with Crippen LogP contribution in [-0.4, -0.2) is 34.3 Å². The highest BCUT2D eigenvalue weighted by atomic mass is 16.1. The molecule has 0 bridgehead atoms. The molecule has 3 nitrogen and oxygen atoms in total. The maximum absolute atomic E-state index is 12.8. The zero-order chi connectivity index (χ0) is 17.6. The predicted molar refractivity (Wildman–Crippen MR) is 103 cm³/mol. The van der Waals surface area contributed by atoms with E-state index in [9.17, 15) is 4.79 Å². The number of hydrogen-bond acceptors (Lipinski definition) is 3. The maximum Gasteiger partial charge on any atom is 0.163 e. The molecule has 1 aromatic carbocycles. The third-order valence-electron chi connectivity index (χ3n) is 5.36. The summed E-state index contributed by atoms with van der Waals surface area (Å²) in [4.78, 5) is 19.8. The molecule has 132 valence electrons. The number of hydrogen-bond donors (Lipinski definition) is 0. The highest BCUT2D eigenvalue weighted by molar-refractivity contribution is 6.01. The van der Waals surface area contributed by atoms with Crippen LogP contribution in [0, 0.1) is 0 Å². The summed E-state index contributed by atoms with van der Waals surface area (Å²) in [5, 5.41) is 0. The summed E-state index contributed by atoms with van der Waals surface area (Å²) >= 11 is 0. The summed E-state index contributed by atoms with van der Waals surface area (Å²) in [5.74, 6) is 0.221. The molecule has 2 unspecified atom stereocenters. The van der Waals surface area contributed by atoms with E-state index in [1.165, 1.54) is 19.3 Å². The van der Waals surface area contributed by atoms with E-state index in [0.29, 0.717) is 18.5 Å². The van der Waals surface area contributed by atoms with Crippen LogP contribution >= 0.6 is 0 Å². The first-order valence-electron chi connectivity index (χ1n) is 9.46. The molecule has 0 aliphatic carbocycles. The average Bonchev–Trinajstić information content (AvgIpc) is 2.65. The summed E-state index contributed by atoms with van der Waals surface area (Å²) in [5.41, 5.74) is 2.60. The molecule has 2 atom stereocenters. The van der Waals surface area contributed by atoms with Crippen LogP contribution in [0.3, 0.4) is 0 Å². The molecule has 0 spiro atoms. The van der Waals surface area contributed by atoms with E-state index in [1.807, 2.05) is 42.5 Å². The van der Waals surface area contributed by atoms with Crippen molar-refractivity contribution >= 4 is 5.78 Å². The minimum atomic E-state index is 0.221. The molecule has 1 aliphatic heterocycles. The minimum absolute atomic E-state index is 0.221. The zero-order valence-electron chi connectivity index (χ0n) is 15.3. The number of ketones is 1. The molecule has 1 aromatic heterocycles. The number of pyridine rings is 1. The number of carbonyl (C=O) groups excluding carboxylic acids is 1. The van der Waals surface area contributed by atoms with Gasteiger partial charge >= 0.3 is 0 Å². The first kappa shape index (κ1) is 17.8. The highest BCUT2D eigenvalue weighted by Crippen LogP contribution is 2.25. The smallest absolute Gasteiger partial charge is 0.163 e. The molecule has 1 fully saturated rings. The zero-order valence-corrected chi connectivity index (χ0v) is 15.3. The molecule has 3 heteroatoms. The first-order valence-corrected chi connectivity index (χ1v) is 9.46. The van der Waals surface area contributed by atoms with Gasteiger partial charge in [0.15, 0.2) is 5.78 Å². The fraction of sp³-hybridized carbons (Fsp3) is 0.455. The summed E-state index contributed by atoms with van der Waals surface area (Å²) in [6, 6.07) is 14.9. The lowest BCUT2D eigenvalue weighted by atomic mass is 9.95. The van der Waals surface area contributed by atoms with E-state index in [4.69, 9.17) is 0 Å². The molecule has 0 saturated carbocycles. The number of nitrogens with zero attached hydrogens (tertiary/aromatic N) is 2. The first-order chi connectivity index (χ1) is 12.2. The van der Waals surface area contributed by atoms with Gasteiger partial charge in [-0.05, 0) is 51.8 Å². The number of aromatic nitrogens is 1. The summed E-state index contributed by atoms with van der Waals surface area (Å²) < 4.78 is 0.